The molecular weight excluding hydrogens is 174 g/mol. The van der Waals surface area contributed by atoms with E-state index in [0.717, 1.165) is 0 Å². The van der Waals surface area contributed by atoms with Gasteiger partial charge in [0.25, 0.3) is 0 Å². The van der Waals surface area contributed by atoms with E-state index in [4.69, 9.17) is 16.6 Å². The number of pyridine rings is 1. The van der Waals surface area contributed by atoms with Crippen LogP contribution in [0.3, 0.4) is 0 Å². The highest BCUT2D eigenvalue weighted by molar-refractivity contribution is 7.71. The lowest BCUT2D eigenvalue weighted by molar-refractivity contribution is -0.613. The van der Waals surface area contributed by atoms with E-state index in [2.05, 4.69) is 10.2 Å². The minimum atomic E-state index is 0.279. The lowest BCUT2D eigenvalue weighted by Gasteiger charge is -1.85. The van der Waals surface area contributed by atoms with E-state index >= 15 is 0 Å². The molecule has 2 heterocycles. The molecule has 5 heteroatoms. The van der Waals surface area contributed by atoms with Crippen molar-refractivity contribution in [2.24, 2.45) is 0 Å². The molecule has 0 aromatic carbocycles. The number of hydrogen-bond acceptors (Lipinski definition) is 3. The molecule has 0 atom stereocenters. The Morgan fingerprint density at radius 1 is 1.33 bits per heavy atom. The summed E-state index contributed by atoms with van der Waals surface area (Å²) in [5.41, 5.74) is 0. The molecule has 0 aliphatic heterocycles. The molecule has 2 rings (SSSR count). The highest BCUT2D eigenvalue weighted by Crippen LogP contribution is 1.92. The predicted molar refractivity (Wildman–Crippen MR) is 43.2 cm³/mol. The SMILES string of the molecule is S=c1[nH]nc(-[n+]2ccccc2)o1. The Kier molecular flexibility index (Phi) is 1.71. The molecule has 12 heavy (non-hydrogen) atoms. The second kappa shape index (κ2) is 2.86. The summed E-state index contributed by atoms with van der Waals surface area (Å²) >= 11 is 4.73. The van der Waals surface area contributed by atoms with Crippen molar-refractivity contribution < 1.29 is 8.98 Å². The molecule has 0 unspecified atom stereocenters. The van der Waals surface area contributed by atoms with Gasteiger partial charge in [0.15, 0.2) is 0 Å². The Labute approximate surface area is 73.5 Å². The molecule has 0 aliphatic carbocycles. The maximum atomic E-state index is 5.08. The van der Waals surface area contributed by atoms with Crippen LogP contribution >= 0.6 is 12.2 Å². The molecule has 0 spiro atoms. The Morgan fingerprint density at radius 2 is 2.08 bits per heavy atom. The van der Waals surface area contributed by atoms with Gasteiger partial charge in [-0.2, -0.15) is 4.57 Å². The van der Waals surface area contributed by atoms with Gasteiger partial charge in [-0.15, -0.1) is 5.10 Å². The van der Waals surface area contributed by atoms with Crippen molar-refractivity contribution in [3.63, 3.8) is 0 Å². The Bertz CT molecular complexity index is 419. The van der Waals surface area contributed by atoms with Crippen LogP contribution in [0.2, 0.25) is 0 Å². The second-order valence-corrected chi connectivity index (χ2v) is 2.55. The van der Waals surface area contributed by atoms with Crippen LogP contribution in [0, 0.1) is 4.84 Å². The van der Waals surface area contributed by atoms with E-state index < -0.39 is 0 Å². The molecule has 60 valence electrons. The van der Waals surface area contributed by atoms with E-state index in [-0.39, 0.29) is 4.84 Å². The fourth-order valence-corrected chi connectivity index (χ4v) is 0.979. The van der Waals surface area contributed by atoms with Crippen LogP contribution in [0.25, 0.3) is 6.01 Å². The monoisotopic (exact) mass is 180 g/mol. The van der Waals surface area contributed by atoms with Crippen molar-refractivity contribution >= 4 is 12.2 Å². The number of H-pyrrole nitrogens is 1. The lowest BCUT2D eigenvalue weighted by Crippen LogP contribution is -2.29. The van der Waals surface area contributed by atoms with Gasteiger partial charge in [0, 0.05) is 0 Å². The van der Waals surface area contributed by atoms with Crippen LogP contribution < -0.4 is 4.57 Å². The average Bonchev–Trinajstić information content (AvgIpc) is 2.54. The maximum Gasteiger partial charge on any atom is 0.533 e. The first kappa shape index (κ1) is 7.17. The smallest absolute Gasteiger partial charge is 0.356 e. The number of aromatic amines is 1. The van der Waals surface area contributed by atoms with Gasteiger partial charge in [0.2, 0.25) is 0 Å². The zero-order valence-electron chi connectivity index (χ0n) is 6.10. The fourth-order valence-electron chi connectivity index (χ4n) is 0.859. The summed E-state index contributed by atoms with van der Waals surface area (Å²) in [5.74, 6) is 0. The zero-order chi connectivity index (χ0) is 8.39. The third-order valence-corrected chi connectivity index (χ3v) is 1.54. The topological polar surface area (TPSA) is 45.7 Å². The molecule has 0 radical (unpaired) electrons. The van der Waals surface area contributed by atoms with Gasteiger partial charge in [0.05, 0.1) is 17.5 Å². The quantitative estimate of drug-likeness (QED) is 0.526. The molecular formula is C7H6N3OS+. The third-order valence-electron chi connectivity index (χ3n) is 1.36. The van der Waals surface area contributed by atoms with Crippen molar-refractivity contribution in [2.75, 3.05) is 0 Å². The number of nitrogens with one attached hydrogen (secondary N) is 1. The van der Waals surface area contributed by atoms with Crippen molar-refractivity contribution in [2.45, 2.75) is 0 Å². The Hall–Kier alpha value is -1.49. The summed E-state index contributed by atoms with van der Waals surface area (Å²) in [6.07, 6.45) is 3.66. The van der Waals surface area contributed by atoms with E-state index in [1.54, 1.807) is 4.57 Å². The summed E-state index contributed by atoms with van der Waals surface area (Å²) in [5, 5.41) is 6.40. The number of aromatic nitrogens is 3. The molecule has 2 aromatic heterocycles. The van der Waals surface area contributed by atoms with E-state index in [9.17, 15) is 0 Å². The van der Waals surface area contributed by atoms with E-state index in [0.29, 0.717) is 6.01 Å². The van der Waals surface area contributed by atoms with Crippen LogP contribution in [0.15, 0.2) is 35.0 Å². The summed E-state index contributed by atoms with van der Waals surface area (Å²) in [7, 11) is 0. The third kappa shape index (κ3) is 1.26. The molecule has 1 N–H and O–H groups in total. The summed E-state index contributed by atoms with van der Waals surface area (Å²) in [6.45, 7) is 0. The maximum absolute atomic E-state index is 5.08. The van der Waals surface area contributed by atoms with Gasteiger partial charge >= 0.3 is 10.9 Å². The molecule has 0 fully saturated rings. The summed E-state index contributed by atoms with van der Waals surface area (Å²) in [4.78, 5) is 0.279. The fraction of sp³-hybridized carbons (Fsp3) is 0. The van der Waals surface area contributed by atoms with E-state index in [1.165, 1.54) is 0 Å². The highest BCUT2D eigenvalue weighted by atomic mass is 32.1. The Balaban J connectivity index is 2.51. The minimum absolute atomic E-state index is 0.279. The van der Waals surface area contributed by atoms with Gasteiger partial charge in [-0.25, -0.2) is 0 Å². The first-order valence-corrected chi connectivity index (χ1v) is 3.79. The van der Waals surface area contributed by atoms with Crippen molar-refractivity contribution in [1.29, 1.82) is 0 Å². The molecule has 0 bridgehead atoms. The first-order valence-electron chi connectivity index (χ1n) is 3.38. The molecule has 0 aliphatic rings. The van der Waals surface area contributed by atoms with Gasteiger partial charge in [0.1, 0.15) is 0 Å². The molecule has 2 aromatic rings. The van der Waals surface area contributed by atoms with Crippen LogP contribution in [0.4, 0.5) is 0 Å². The lowest BCUT2D eigenvalue weighted by atomic mass is 10.5. The molecule has 0 saturated heterocycles. The summed E-state index contributed by atoms with van der Waals surface area (Å²) in [6, 6.07) is 6.12. The van der Waals surface area contributed by atoms with Crippen LogP contribution in [-0.4, -0.2) is 10.2 Å². The standard InChI is InChI=1S/C7H5N3OS/c12-7-9-8-6(11-7)10-4-2-1-3-5-10/h1-5H/p+1. The first-order chi connectivity index (χ1) is 5.86. The summed E-state index contributed by atoms with van der Waals surface area (Å²) < 4.78 is 6.81. The highest BCUT2D eigenvalue weighted by Gasteiger charge is 2.10. The van der Waals surface area contributed by atoms with Crippen molar-refractivity contribution in [1.82, 2.24) is 10.2 Å². The minimum Gasteiger partial charge on any atom is -0.356 e. The van der Waals surface area contributed by atoms with Gasteiger partial charge in [-0.3, -0.25) is 0 Å². The Morgan fingerprint density at radius 3 is 2.67 bits per heavy atom. The number of hydrogen-bond donors (Lipinski definition) is 1. The normalized spacial score (nSPS) is 10.0. The van der Waals surface area contributed by atoms with Crippen LogP contribution in [0.1, 0.15) is 0 Å². The van der Waals surface area contributed by atoms with E-state index in [1.807, 2.05) is 30.6 Å². The largest absolute Gasteiger partial charge is 0.533 e. The number of rotatable bonds is 1. The van der Waals surface area contributed by atoms with Crippen LogP contribution in [0.5, 0.6) is 0 Å². The van der Waals surface area contributed by atoms with Crippen LogP contribution in [-0.2, 0) is 0 Å². The van der Waals surface area contributed by atoms with Crippen molar-refractivity contribution in [3.8, 4) is 6.01 Å². The average molecular weight is 180 g/mol. The van der Waals surface area contributed by atoms with Gasteiger partial charge in [-0.05, 0) is 24.4 Å². The number of nitrogens with zero attached hydrogens (tertiary/aromatic N) is 2. The molecule has 0 saturated carbocycles. The second-order valence-electron chi connectivity index (χ2n) is 2.18. The zero-order valence-corrected chi connectivity index (χ0v) is 6.91. The van der Waals surface area contributed by atoms with Crippen molar-refractivity contribution in [3.05, 3.63) is 35.4 Å². The predicted octanol–water partition coefficient (Wildman–Crippen LogP) is 1.01. The molecule has 0 amide bonds. The van der Waals surface area contributed by atoms with Gasteiger partial charge in [-0.1, -0.05) is 6.07 Å². The molecule has 4 nitrogen and oxygen atoms in total. The van der Waals surface area contributed by atoms with Gasteiger partial charge < -0.3 is 4.42 Å².